The monoisotopic (exact) mass is 160 g/mol. The van der Waals surface area contributed by atoms with E-state index in [1.807, 2.05) is 0 Å². The molecule has 1 aromatic carbocycles. The van der Waals surface area contributed by atoms with Gasteiger partial charge in [0.1, 0.15) is 0 Å². The minimum Gasteiger partial charge on any atom is -0.412 e. The molecule has 10 heavy (non-hydrogen) atoms. The van der Waals surface area contributed by atoms with Crippen LogP contribution in [0.5, 0.6) is 0 Å². The Hall–Kier alpha value is -0.710. The second-order valence-electron chi connectivity index (χ2n) is 1.56. The summed E-state index contributed by atoms with van der Waals surface area (Å²) in [5, 5.41) is 0. The molecule has 3 N–H and O–H groups in total. The van der Waals surface area contributed by atoms with E-state index in [1.54, 1.807) is 30.3 Å². The number of hydrogen-bond acceptors (Lipinski definition) is 1. The van der Waals surface area contributed by atoms with Crippen LogP contribution < -0.4 is 0 Å². The van der Waals surface area contributed by atoms with Gasteiger partial charge < -0.3 is 10.0 Å². The molecule has 0 spiro atoms. The molecule has 1 rings (SSSR count). The Morgan fingerprint density at radius 3 is 2.00 bits per heavy atom. The molecule has 0 bridgehead atoms. The molecule has 4 heteroatoms. The third kappa shape index (κ3) is 2.26. The first-order valence-electron chi connectivity index (χ1n) is 2.46. The molecule has 56 valence electrons. The average Bonchev–Trinajstić information content (AvgIpc) is 1.90. The normalized spacial score (nSPS) is 11.7. The number of hydrogen-bond donors (Lipinski definition) is 1. The zero-order valence-electron chi connectivity index (χ0n) is 5.15. The predicted octanol–water partition coefficient (Wildman–Crippen LogP) is 0.443. The fourth-order valence-corrected chi connectivity index (χ4v) is 0.927. The first-order chi connectivity index (χ1) is 4.30. The maximum atomic E-state index is 10.3. The summed E-state index contributed by atoms with van der Waals surface area (Å²) in [6.07, 6.45) is 0. The molecule has 0 amide bonds. The molecule has 1 aromatic rings. The van der Waals surface area contributed by atoms with Crippen molar-refractivity contribution in [3.63, 3.8) is 0 Å². The molecule has 3 nitrogen and oxygen atoms in total. The molecule has 0 aliphatic heterocycles. The summed E-state index contributed by atoms with van der Waals surface area (Å²) < 4.78 is 18.8. The van der Waals surface area contributed by atoms with Gasteiger partial charge in [-0.25, -0.2) is 4.21 Å². The van der Waals surface area contributed by atoms with Gasteiger partial charge in [0.15, 0.2) is 11.1 Å². The van der Waals surface area contributed by atoms with Gasteiger partial charge >= 0.3 is 0 Å². The lowest BCUT2D eigenvalue weighted by atomic mass is 10.4. The summed E-state index contributed by atoms with van der Waals surface area (Å²) in [5.41, 5.74) is 0. The molecule has 0 aliphatic carbocycles. The van der Waals surface area contributed by atoms with Crippen molar-refractivity contribution < 1.29 is 14.2 Å². The zero-order chi connectivity index (χ0) is 6.69. The Balaban J connectivity index is 0.000000810. The fraction of sp³-hybridized carbons (Fsp3) is 0. The van der Waals surface area contributed by atoms with Gasteiger partial charge in [-0.2, -0.15) is 0 Å². The summed E-state index contributed by atoms with van der Waals surface area (Å²) >= 11 is -1.83. The van der Waals surface area contributed by atoms with Crippen molar-refractivity contribution in [3.8, 4) is 0 Å². The van der Waals surface area contributed by atoms with Crippen molar-refractivity contribution in [3.05, 3.63) is 30.3 Å². The second kappa shape index (κ2) is 4.16. The van der Waals surface area contributed by atoms with E-state index in [1.165, 1.54) is 0 Å². The largest absolute Gasteiger partial charge is 0.412 e. The first-order valence-corrected chi connectivity index (χ1v) is 3.57. The Labute approximate surface area is 61.3 Å². The topological polar surface area (TPSA) is 68.8 Å². The maximum Gasteiger partial charge on any atom is 0.186 e. The summed E-state index contributed by atoms with van der Waals surface area (Å²) in [5.74, 6) is 0. The van der Waals surface area contributed by atoms with E-state index >= 15 is 0 Å². The third-order valence-electron chi connectivity index (χ3n) is 0.945. The molecular weight excluding hydrogens is 152 g/mol. The average molecular weight is 160 g/mol. The minimum absolute atomic E-state index is 0. The smallest absolute Gasteiger partial charge is 0.186 e. The number of rotatable bonds is 1. The zero-order valence-corrected chi connectivity index (χ0v) is 5.97. The highest BCUT2D eigenvalue weighted by Crippen LogP contribution is 2.00. The molecule has 0 saturated carbocycles. The molecule has 0 fully saturated rings. The van der Waals surface area contributed by atoms with Gasteiger partial charge in [0, 0.05) is 0 Å². The molecular formula is C6H8O3S. The lowest BCUT2D eigenvalue weighted by molar-refractivity contribution is 0.564. The summed E-state index contributed by atoms with van der Waals surface area (Å²) in [6.45, 7) is 0. The SMILES string of the molecule is O.O=S(O)c1ccccc1. The van der Waals surface area contributed by atoms with Gasteiger partial charge in [0.25, 0.3) is 0 Å². The Bertz CT molecular complexity index is 209. The molecule has 0 radical (unpaired) electrons. The van der Waals surface area contributed by atoms with Gasteiger partial charge in [-0.3, -0.25) is 0 Å². The van der Waals surface area contributed by atoms with Crippen LogP contribution in [0.15, 0.2) is 35.2 Å². The van der Waals surface area contributed by atoms with Crippen LogP contribution in [0.2, 0.25) is 0 Å². The summed E-state index contributed by atoms with van der Waals surface area (Å²) in [6, 6.07) is 8.47. The van der Waals surface area contributed by atoms with Crippen molar-refractivity contribution in [1.82, 2.24) is 0 Å². The quantitative estimate of drug-likeness (QED) is 0.606. The van der Waals surface area contributed by atoms with Crippen LogP contribution >= 0.6 is 0 Å². The van der Waals surface area contributed by atoms with E-state index in [0.717, 1.165) is 0 Å². The molecule has 0 saturated heterocycles. The Morgan fingerprint density at radius 1 is 1.20 bits per heavy atom. The Morgan fingerprint density at radius 2 is 1.70 bits per heavy atom. The van der Waals surface area contributed by atoms with Crippen molar-refractivity contribution in [1.29, 1.82) is 0 Å². The lowest BCUT2D eigenvalue weighted by Crippen LogP contribution is -1.84. The first kappa shape index (κ1) is 9.29. The van der Waals surface area contributed by atoms with Crippen molar-refractivity contribution >= 4 is 11.1 Å². The van der Waals surface area contributed by atoms with Gasteiger partial charge in [-0.1, -0.05) is 18.2 Å². The molecule has 1 atom stereocenters. The van der Waals surface area contributed by atoms with E-state index < -0.39 is 11.1 Å². The van der Waals surface area contributed by atoms with E-state index in [9.17, 15) is 4.21 Å². The van der Waals surface area contributed by atoms with E-state index in [-0.39, 0.29) is 5.48 Å². The van der Waals surface area contributed by atoms with Crippen LogP contribution in [0.25, 0.3) is 0 Å². The van der Waals surface area contributed by atoms with Crippen molar-refractivity contribution in [2.24, 2.45) is 0 Å². The summed E-state index contributed by atoms with van der Waals surface area (Å²) in [4.78, 5) is 0.442. The second-order valence-corrected chi connectivity index (χ2v) is 2.53. The van der Waals surface area contributed by atoms with E-state index in [4.69, 9.17) is 4.55 Å². The molecule has 0 aromatic heterocycles. The maximum absolute atomic E-state index is 10.3. The number of benzene rings is 1. The van der Waals surface area contributed by atoms with Gasteiger partial charge in [0.2, 0.25) is 0 Å². The van der Waals surface area contributed by atoms with Crippen LogP contribution in [0.4, 0.5) is 0 Å². The summed E-state index contributed by atoms with van der Waals surface area (Å²) in [7, 11) is 0. The standard InChI is InChI=1S/C6H6O2S.H2O/c7-9(8)6-4-2-1-3-5-6;/h1-5H,(H,7,8);1H2. The third-order valence-corrected chi connectivity index (χ3v) is 1.62. The van der Waals surface area contributed by atoms with Crippen LogP contribution in [0, 0.1) is 0 Å². The predicted molar refractivity (Wildman–Crippen MR) is 39.1 cm³/mol. The van der Waals surface area contributed by atoms with Gasteiger partial charge in [-0.15, -0.1) is 0 Å². The highest BCUT2D eigenvalue weighted by molar-refractivity contribution is 7.79. The van der Waals surface area contributed by atoms with Gasteiger partial charge in [0.05, 0.1) is 4.90 Å². The van der Waals surface area contributed by atoms with Crippen molar-refractivity contribution in [2.45, 2.75) is 4.90 Å². The van der Waals surface area contributed by atoms with Crippen LogP contribution in [-0.4, -0.2) is 14.2 Å². The molecule has 0 aliphatic rings. The molecule has 1 unspecified atom stereocenters. The Kier molecular flexibility index (Phi) is 3.87. The van der Waals surface area contributed by atoms with E-state index in [2.05, 4.69) is 0 Å². The highest BCUT2D eigenvalue weighted by Gasteiger charge is 1.93. The van der Waals surface area contributed by atoms with E-state index in [0.29, 0.717) is 4.90 Å². The molecule has 0 heterocycles. The van der Waals surface area contributed by atoms with Crippen LogP contribution in [-0.2, 0) is 11.1 Å². The highest BCUT2D eigenvalue weighted by atomic mass is 32.2. The van der Waals surface area contributed by atoms with Crippen LogP contribution in [0.1, 0.15) is 0 Å². The fourth-order valence-electron chi connectivity index (χ4n) is 0.537. The van der Waals surface area contributed by atoms with Crippen LogP contribution in [0.3, 0.4) is 0 Å². The van der Waals surface area contributed by atoms with Gasteiger partial charge in [-0.05, 0) is 12.1 Å². The van der Waals surface area contributed by atoms with Crippen molar-refractivity contribution in [2.75, 3.05) is 0 Å². The minimum atomic E-state index is -1.83. The lowest BCUT2D eigenvalue weighted by Gasteiger charge is -1.89.